The summed E-state index contributed by atoms with van der Waals surface area (Å²) in [5.41, 5.74) is 8.62. The maximum Gasteiger partial charge on any atom is 0.0596 e. The van der Waals surface area contributed by atoms with Gasteiger partial charge in [0.15, 0.2) is 0 Å². The summed E-state index contributed by atoms with van der Waals surface area (Å²) in [5, 5.41) is 10.8. The molecule has 1 aromatic carbocycles. The van der Waals surface area contributed by atoms with Crippen LogP contribution in [-0.4, -0.2) is 65.8 Å². The number of hydrogen-bond acceptors (Lipinski definition) is 4. The zero-order valence-corrected chi connectivity index (χ0v) is 23.0. The van der Waals surface area contributed by atoms with Crippen LogP contribution in [0.5, 0.6) is 0 Å². The second-order valence-electron chi connectivity index (χ2n) is 14.0. The van der Waals surface area contributed by atoms with Gasteiger partial charge < -0.3 is 10.8 Å². The van der Waals surface area contributed by atoms with Crippen molar-refractivity contribution in [1.82, 2.24) is 9.80 Å². The average molecular weight is 494 g/mol. The van der Waals surface area contributed by atoms with Gasteiger partial charge >= 0.3 is 0 Å². The molecule has 3 N–H and O–H groups in total. The molecule has 5 unspecified atom stereocenters. The van der Waals surface area contributed by atoms with Crippen LogP contribution in [0.2, 0.25) is 0 Å². The highest BCUT2D eigenvalue weighted by atomic mass is 16.3. The van der Waals surface area contributed by atoms with Gasteiger partial charge in [-0.05, 0) is 104 Å². The largest absolute Gasteiger partial charge is 0.393 e. The summed E-state index contributed by atoms with van der Waals surface area (Å²) in [7, 11) is 0. The molecule has 1 aromatic rings. The van der Waals surface area contributed by atoms with E-state index in [0.717, 1.165) is 49.1 Å². The maximum absolute atomic E-state index is 10.8. The fourth-order valence-electron chi connectivity index (χ4n) is 10.2. The summed E-state index contributed by atoms with van der Waals surface area (Å²) in [4.78, 5) is 5.47. The van der Waals surface area contributed by atoms with Gasteiger partial charge in [-0.15, -0.1) is 0 Å². The first-order valence-electron chi connectivity index (χ1n) is 15.3. The van der Waals surface area contributed by atoms with Crippen LogP contribution < -0.4 is 5.73 Å². The molecule has 5 aliphatic rings. The number of piperazine rings is 1. The minimum atomic E-state index is -0.0507. The molecule has 0 spiro atoms. The molecular weight excluding hydrogens is 442 g/mol. The summed E-state index contributed by atoms with van der Waals surface area (Å²) < 4.78 is 0. The van der Waals surface area contributed by atoms with Crippen molar-refractivity contribution in [2.45, 2.75) is 96.2 Å². The van der Waals surface area contributed by atoms with Gasteiger partial charge in [-0.25, -0.2) is 0 Å². The van der Waals surface area contributed by atoms with Crippen molar-refractivity contribution >= 4 is 0 Å². The Bertz CT molecular complexity index is 885. The van der Waals surface area contributed by atoms with E-state index in [1.54, 1.807) is 0 Å². The summed E-state index contributed by atoms with van der Waals surface area (Å²) in [6.07, 6.45) is 13.0. The van der Waals surface area contributed by atoms with Crippen molar-refractivity contribution in [2.24, 2.45) is 40.2 Å². The second-order valence-corrected chi connectivity index (χ2v) is 14.0. The summed E-state index contributed by atoms with van der Waals surface area (Å²) in [6.45, 7) is 10.9. The molecule has 0 radical (unpaired) electrons. The Kier molecular flexibility index (Phi) is 7.03. The molecule has 4 saturated carbocycles. The molecule has 1 heterocycles. The Hall–Kier alpha value is -0.940. The van der Waals surface area contributed by atoms with Crippen LogP contribution in [0.3, 0.4) is 0 Å². The van der Waals surface area contributed by atoms with Crippen molar-refractivity contribution in [2.75, 3.05) is 32.7 Å². The number of aliphatic hydroxyl groups is 1. The highest BCUT2D eigenvalue weighted by Crippen LogP contribution is 2.66. The van der Waals surface area contributed by atoms with Crippen molar-refractivity contribution in [3.05, 3.63) is 35.9 Å². The van der Waals surface area contributed by atoms with Gasteiger partial charge in [0, 0.05) is 44.8 Å². The van der Waals surface area contributed by atoms with E-state index in [4.69, 9.17) is 5.73 Å². The smallest absolute Gasteiger partial charge is 0.0596 e. The molecule has 4 nitrogen and oxygen atoms in total. The Morgan fingerprint density at radius 1 is 0.889 bits per heavy atom. The normalized spacial score (nSPS) is 44.4. The van der Waals surface area contributed by atoms with Crippen LogP contribution in [0, 0.1) is 34.5 Å². The van der Waals surface area contributed by atoms with Gasteiger partial charge in [-0.2, -0.15) is 0 Å². The molecule has 6 rings (SSSR count). The van der Waals surface area contributed by atoms with Gasteiger partial charge in [-0.3, -0.25) is 9.80 Å². The second kappa shape index (κ2) is 9.98. The minimum Gasteiger partial charge on any atom is -0.393 e. The zero-order chi connectivity index (χ0) is 24.9. The zero-order valence-electron chi connectivity index (χ0n) is 23.0. The van der Waals surface area contributed by atoms with Crippen molar-refractivity contribution in [1.29, 1.82) is 0 Å². The molecule has 0 aromatic heterocycles. The SMILES string of the molecule is C[C@]12C[C@H](N3CCN(CC(N)Cc4ccccc4)CC3)CCC1CCC1C2CC[C@@]2(C)C1CC[C@@H]2O. The molecule has 9 atom stereocenters. The molecule has 0 amide bonds. The van der Waals surface area contributed by atoms with Gasteiger partial charge in [0.1, 0.15) is 0 Å². The first kappa shape index (κ1) is 25.3. The van der Waals surface area contributed by atoms with Crippen LogP contribution in [0.4, 0.5) is 0 Å². The van der Waals surface area contributed by atoms with E-state index in [-0.39, 0.29) is 17.6 Å². The molecule has 0 bridgehead atoms. The fourth-order valence-corrected chi connectivity index (χ4v) is 10.2. The number of hydrogen-bond donors (Lipinski definition) is 2. The van der Waals surface area contributed by atoms with Crippen LogP contribution in [-0.2, 0) is 6.42 Å². The highest BCUT2D eigenvalue weighted by Gasteiger charge is 2.60. The molecule has 200 valence electrons. The molecule has 5 fully saturated rings. The number of aliphatic hydroxyl groups excluding tert-OH is 1. The standard InChI is InChI=1S/C32H51N3O/c1-31-15-14-29-27(28(31)12-13-30(31)36)11-9-24-8-10-26(21-32(24,29)2)35-18-16-34(17-19-35)22-25(33)20-23-6-4-3-5-7-23/h3-7,24-30,36H,8-22,33H2,1-2H3/t24?,25?,26-,27?,28?,29?,30+,31+,32+/m1/s1. The first-order valence-corrected chi connectivity index (χ1v) is 15.3. The van der Waals surface area contributed by atoms with E-state index in [1.165, 1.54) is 83.1 Å². The van der Waals surface area contributed by atoms with E-state index in [0.29, 0.717) is 5.41 Å². The van der Waals surface area contributed by atoms with Gasteiger partial charge in [0.05, 0.1) is 6.10 Å². The summed E-state index contributed by atoms with van der Waals surface area (Å²) >= 11 is 0. The predicted molar refractivity (Wildman–Crippen MR) is 148 cm³/mol. The quantitative estimate of drug-likeness (QED) is 0.610. The Morgan fingerprint density at radius 3 is 2.39 bits per heavy atom. The number of fused-ring (bicyclic) bond motifs is 5. The number of nitrogens with zero attached hydrogens (tertiary/aromatic N) is 2. The third-order valence-electron chi connectivity index (χ3n) is 12.3. The van der Waals surface area contributed by atoms with E-state index >= 15 is 0 Å². The summed E-state index contributed by atoms with van der Waals surface area (Å²) in [5.74, 6) is 3.46. The highest BCUT2D eigenvalue weighted by molar-refractivity contribution is 5.16. The molecule has 36 heavy (non-hydrogen) atoms. The monoisotopic (exact) mass is 493 g/mol. The minimum absolute atomic E-state index is 0.0507. The molecule has 4 aliphatic carbocycles. The van der Waals surface area contributed by atoms with Gasteiger partial charge in [-0.1, -0.05) is 44.2 Å². The maximum atomic E-state index is 10.8. The molecule has 4 heteroatoms. The fraction of sp³-hybridized carbons (Fsp3) is 0.812. The van der Waals surface area contributed by atoms with Crippen molar-refractivity contribution in [3.63, 3.8) is 0 Å². The first-order chi connectivity index (χ1) is 17.4. The Labute approximate surface area is 220 Å². The van der Waals surface area contributed by atoms with Crippen molar-refractivity contribution in [3.8, 4) is 0 Å². The van der Waals surface area contributed by atoms with Gasteiger partial charge in [0.25, 0.3) is 0 Å². The molecule has 1 aliphatic heterocycles. The van der Waals surface area contributed by atoms with E-state index in [2.05, 4.69) is 54.0 Å². The number of rotatable bonds is 5. The topological polar surface area (TPSA) is 52.7 Å². The predicted octanol–water partition coefficient (Wildman–Crippen LogP) is 4.95. The Morgan fingerprint density at radius 2 is 1.61 bits per heavy atom. The lowest BCUT2D eigenvalue weighted by atomic mass is 9.45. The third kappa shape index (κ3) is 4.48. The van der Waals surface area contributed by atoms with Crippen LogP contribution in [0.1, 0.15) is 77.2 Å². The third-order valence-corrected chi connectivity index (χ3v) is 12.3. The molecular formula is C32H51N3O. The summed E-state index contributed by atoms with van der Waals surface area (Å²) in [6, 6.07) is 11.7. The Balaban J connectivity index is 1.05. The van der Waals surface area contributed by atoms with E-state index in [9.17, 15) is 5.11 Å². The molecule has 1 saturated heterocycles. The van der Waals surface area contributed by atoms with Crippen LogP contribution in [0.15, 0.2) is 30.3 Å². The van der Waals surface area contributed by atoms with Gasteiger partial charge in [0.2, 0.25) is 0 Å². The lowest BCUT2D eigenvalue weighted by molar-refractivity contribution is -0.133. The van der Waals surface area contributed by atoms with E-state index < -0.39 is 0 Å². The van der Waals surface area contributed by atoms with Crippen LogP contribution in [0.25, 0.3) is 0 Å². The number of nitrogens with two attached hydrogens (primary N) is 1. The lowest BCUT2D eigenvalue weighted by Crippen LogP contribution is -2.58. The van der Waals surface area contributed by atoms with E-state index in [1.807, 2.05) is 0 Å². The number of benzene rings is 1. The van der Waals surface area contributed by atoms with Crippen LogP contribution >= 0.6 is 0 Å². The average Bonchev–Trinajstić information content (AvgIpc) is 3.18. The lowest BCUT2D eigenvalue weighted by Gasteiger charge is -2.62. The van der Waals surface area contributed by atoms with Crippen molar-refractivity contribution < 1.29 is 5.11 Å².